The van der Waals surface area contributed by atoms with E-state index in [9.17, 15) is 0 Å². The summed E-state index contributed by atoms with van der Waals surface area (Å²) in [5, 5.41) is 4.07. The number of benzene rings is 1. The molecule has 0 radical (unpaired) electrons. The van der Waals surface area contributed by atoms with Crippen molar-refractivity contribution in [2.45, 2.75) is 40.2 Å². The lowest BCUT2D eigenvalue weighted by Crippen LogP contribution is -2.38. The number of nitrogens with one attached hydrogen (secondary N) is 1. The minimum Gasteiger partial charge on any atom is -0.490 e. The maximum Gasteiger partial charge on any atom is 0.140 e. The van der Waals surface area contributed by atoms with Gasteiger partial charge in [0.2, 0.25) is 0 Å². The van der Waals surface area contributed by atoms with Gasteiger partial charge in [-0.3, -0.25) is 0 Å². The Morgan fingerprint density at radius 3 is 2.33 bits per heavy atom. The molecule has 0 saturated heterocycles. The first-order valence-corrected chi connectivity index (χ1v) is 6.32. The second-order valence-corrected chi connectivity index (χ2v) is 5.83. The second-order valence-electron chi connectivity index (χ2n) is 5.42. The van der Waals surface area contributed by atoms with Crippen LogP contribution < -0.4 is 10.1 Å². The van der Waals surface area contributed by atoms with Crippen LogP contribution in [0, 0.1) is 13.8 Å². The summed E-state index contributed by atoms with van der Waals surface area (Å²) in [6.07, 6.45) is 0. The predicted molar refractivity (Wildman–Crippen MR) is 81.4 cm³/mol. The Hall–Kier alpha value is -0.440. The van der Waals surface area contributed by atoms with Crippen molar-refractivity contribution in [3.8, 4) is 5.75 Å². The molecule has 0 aliphatic carbocycles. The minimum absolute atomic E-state index is 0. The van der Waals surface area contributed by atoms with Crippen LogP contribution in [-0.2, 0) is 0 Å². The van der Waals surface area contributed by atoms with Gasteiger partial charge in [0.15, 0.2) is 0 Å². The van der Waals surface area contributed by atoms with E-state index in [0.29, 0.717) is 11.6 Å². The highest BCUT2D eigenvalue weighted by Gasteiger charge is 2.09. The van der Waals surface area contributed by atoms with E-state index in [1.807, 2.05) is 19.9 Å². The van der Waals surface area contributed by atoms with Crippen LogP contribution >= 0.6 is 24.0 Å². The van der Waals surface area contributed by atoms with Gasteiger partial charge in [-0.25, -0.2) is 0 Å². The second kappa shape index (κ2) is 7.22. The van der Waals surface area contributed by atoms with Gasteiger partial charge in [0, 0.05) is 12.1 Å². The molecule has 0 heterocycles. The Balaban J connectivity index is 0.00000289. The summed E-state index contributed by atoms with van der Waals surface area (Å²) in [5.41, 5.74) is 2.37. The Labute approximate surface area is 121 Å². The average Bonchev–Trinajstić information content (AvgIpc) is 2.13. The van der Waals surface area contributed by atoms with Gasteiger partial charge < -0.3 is 10.1 Å². The smallest absolute Gasteiger partial charge is 0.140 e. The highest BCUT2D eigenvalue weighted by Crippen LogP contribution is 2.29. The minimum atomic E-state index is 0. The molecule has 4 heteroatoms. The van der Waals surface area contributed by atoms with Crippen molar-refractivity contribution in [1.29, 1.82) is 0 Å². The van der Waals surface area contributed by atoms with E-state index in [0.717, 1.165) is 23.4 Å². The summed E-state index contributed by atoms with van der Waals surface area (Å²) in [4.78, 5) is 0. The molecule has 0 spiro atoms. The third-order valence-electron chi connectivity index (χ3n) is 2.38. The molecule has 0 atom stereocenters. The fourth-order valence-corrected chi connectivity index (χ4v) is 2.04. The molecule has 0 amide bonds. The molecular formula is C14H23Cl2NO. The molecule has 0 aliphatic heterocycles. The van der Waals surface area contributed by atoms with Crippen LogP contribution in [0.25, 0.3) is 0 Å². The number of ether oxygens (including phenoxy) is 1. The van der Waals surface area contributed by atoms with Crippen LogP contribution in [0.15, 0.2) is 12.1 Å². The summed E-state index contributed by atoms with van der Waals surface area (Å²) in [7, 11) is 0. The zero-order valence-corrected chi connectivity index (χ0v) is 13.3. The van der Waals surface area contributed by atoms with E-state index in [4.69, 9.17) is 16.3 Å². The van der Waals surface area contributed by atoms with Gasteiger partial charge in [-0.05, 0) is 51.8 Å². The zero-order valence-electron chi connectivity index (χ0n) is 11.8. The highest BCUT2D eigenvalue weighted by molar-refractivity contribution is 6.32. The van der Waals surface area contributed by atoms with Gasteiger partial charge in [0.1, 0.15) is 12.4 Å². The maximum atomic E-state index is 6.16. The van der Waals surface area contributed by atoms with Gasteiger partial charge in [-0.15, -0.1) is 12.4 Å². The van der Waals surface area contributed by atoms with E-state index < -0.39 is 0 Å². The summed E-state index contributed by atoms with van der Waals surface area (Å²) in [6, 6.07) is 4.01. The summed E-state index contributed by atoms with van der Waals surface area (Å²) < 4.78 is 5.72. The normalized spacial score (nSPS) is 11.0. The standard InChI is InChI=1S/C14H22ClNO.ClH/c1-10-8-11(2)13(12(15)9-10)17-7-6-16-14(3,4)5;/h8-9,16H,6-7H2,1-5H3;1H. The highest BCUT2D eigenvalue weighted by atomic mass is 35.5. The monoisotopic (exact) mass is 291 g/mol. The van der Waals surface area contributed by atoms with E-state index in [-0.39, 0.29) is 17.9 Å². The maximum absolute atomic E-state index is 6.16. The van der Waals surface area contributed by atoms with Crippen molar-refractivity contribution in [1.82, 2.24) is 5.32 Å². The van der Waals surface area contributed by atoms with E-state index in [2.05, 4.69) is 32.2 Å². The van der Waals surface area contributed by atoms with Gasteiger partial charge in [-0.1, -0.05) is 17.7 Å². The molecule has 1 rings (SSSR count). The van der Waals surface area contributed by atoms with Crippen molar-refractivity contribution in [3.05, 3.63) is 28.3 Å². The zero-order chi connectivity index (χ0) is 13.1. The fraction of sp³-hybridized carbons (Fsp3) is 0.571. The van der Waals surface area contributed by atoms with Gasteiger partial charge >= 0.3 is 0 Å². The Bertz CT molecular complexity index is 363. The summed E-state index contributed by atoms with van der Waals surface area (Å²) in [5.74, 6) is 0.799. The van der Waals surface area contributed by atoms with E-state index >= 15 is 0 Å². The first-order valence-electron chi connectivity index (χ1n) is 5.94. The lowest BCUT2D eigenvalue weighted by Gasteiger charge is -2.21. The molecule has 0 unspecified atom stereocenters. The summed E-state index contributed by atoms with van der Waals surface area (Å²) in [6.45, 7) is 11.9. The van der Waals surface area contributed by atoms with Gasteiger partial charge in [-0.2, -0.15) is 0 Å². The first kappa shape index (κ1) is 17.6. The lowest BCUT2D eigenvalue weighted by atomic mass is 10.1. The van der Waals surface area contributed by atoms with Crippen LogP contribution in [0.2, 0.25) is 5.02 Å². The first-order chi connectivity index (χ1) is 7.79. The largest absolute Gasteiger partial charge is 0.490 e. The Morgan fingerprint density at radius 2 is 1.83 bits per heavy atom. The van der Waals surface area contributed by atoms with E-state index in [1.54, 1.807) is 0 Å². The molecule has 0 fully saturated rings. The van der Waals surface area contributed by atoms with Crippen molar-refractivity contribution < 1.29 is 4.74 Å². The van der Waals surface area contributed by atoms with Crippen LogP contribution in [0.5, 0.6) is 5.75 Å². The third kappa shape index (κ3) is 5.94. The molecule has 0 aliphatic rings. The van der Waals surface area contributed by atoms with Crippen molar-refractivity contribution in [2.24, 2.45) is 0 Å². The molecular weight excluding hydrogens is 269 g/mol. The van der Waals surface area contributed by atoms with Crippen LogP contribution in [-0.4, -0.2) is 18.7 Å². The molecule has 1 aromatic rings. The topological polar surface area (TPSA) is 21.3 Å². The third-order valence-corrected chi connectivity index (χ3v) is 2.66. The molecule has 18 heavy (non-hydrogen) atoms. The van der Waals surface area contributed by atoms with Crippen molar-refractivity contribution in [3.63, 3.8) is 0 Å². The Kier molecular flexibility index (Phi) is 7.05. The molecule has 104 valence electrons. The van der Waals surface area contributed by atoms with Gasteiger partial charge in [0.05, 0.1) is 5.02 Å². The average molecular weight is 292 g/mol. The Morgan fingerprint density at radius 1 is 1.22 bits per heavy atom. The molecule has 1 aromatic carbocycles. The molecule has 0 aromatic heterocycles. The molecule has 1 N–H and O–H groups in total. The van der Waals surface area contributed by atoms with Crippen molar-refractivity contribution in [2.75, 3.05) is 13.2 Å². The van der Waals surface area contributed by atoms with Crippen molar-refractivity contribution >= 4 is 24.0 Å². The van der Waals surface area contributed by atoms with Crippen LogP contribution in [0.3, 0.4) is 0 Å². The number of aryl methyl sites for hydroxylation is 2. The fourth-order valence-electron chi connectivity index (χ4n) is 1.66. The number of hydrogen-bond donors (Lipinski definition) is 1. The van der Waals surface area contributed by atoms with E-state index in [1.165, 1.54) is 0 Å². The molecule has 0 saturated carbocycles. The number of hydrogen-bond acceptors (Lipinski definition) is 2. The predicted octanol–water partition coefficient (Wildman–Crippen LogP) is 4.15. The SMILES string of the molecule is Cc1cc(C)c(OCCNC(C)(C)C)c(Cl)c1.Cl. The number of halogens is 2. The summed E-state index contributed by atoms with van der Waals surface area (Å²) >= 11 is 6.16. The number of rotatable bonds is 4. The van der Waals surface area contributed by atoms with Crippen LogP contribution in [0.1, 0.15) is 31.9 Å². The lowest BCUT2D eigenvalue weighted by molar-refractivity contribution is 0.289. The molecule has 2 nitrogen and oxygen atoms in total. The van der Waals surface area contributed by atoms with Crippen LogP contribution in [0.4, 0.5) is 0 Å². The quantitative estimate of drug-likeness (QED) is 0.842. The molecule has 0 bridgehead atoms. The van der Waals surface area contributed by atoms with Gasteiger partial charge in [0.25, 0.3) is 0 Å².